The minimum Gasteiger partial charge on any atom is -0.484 e. The lowest BCUT2D eigenvalue weighted by atomic mass is 10.3. The van der Waals surface area contributed by atoms with Gasteiger partial charge in [-0.15, -0.1) is 0 Å². The highest BCUT2D eigenvalue weighted by atomic mass is 35.5. The van der Waals surface area contributed by atoms with Gasteiger partial charge in [-0.2, -0.15) is 0 Å². The van der Waals surface area contributed by atoms with E-state index in [9.17, 15) is 4.79 Å². The molecule has 7 heteroatoms. The molecule has 6 nitrogen and oxygen atoms in total. The van der Waals surface area contributed by atoms with Gasteiger partial charge in [0.15, 0.2) is 18.2 Å². The second-order valence-corrected chi connectivity index (χ2v) is 6.81. The lowest BCUT2D eigenvalue weighted by molar-refractivity contribution is -0.118. The predicted molar refractivity (Wildman–Crippen MR) is 107 cm³/mol. The normalized spacial score (nSPS) is 13.7. The van der Waals surface area contributed by atoms with Gasteiger partial charge in [0.25, 0.3) is 5.91 Å². The average molecular weight is 383 g/mol. The zero-order chi connectivity index (χ0) is 18.6. The molecule has 0 bridgehead atoms. The molecule has 1 fully saturated rings. The summed E-state index contributed by atoms with van der Waals surface area (Å²) in [6, 6.07) is 14.6. The number of amides is 1. The molecular formula is C20H19ClN4O2. The number of ether oxygens (including phenoxy) is 1. The Bertz CT molecular complexity index is 973. The first-order valence-electron chi connectivity index (χ1n) is 8.89. The molecule has 1 N–H and O–H groups in total. The highest BCUT2D eigenvalue weighted by molar-refractivity contribution is 6.30. The van der Waals surface area contributed by atoms with E-state index in [0.29, 0.717) is 22.4 Å². The number of hydrogen-bond donors (Lipinski definition) is 1. The van der Waals surface area contributed by atoms with E-state index in [1.807, 2.05) is 24.3 Å². The Morgan fingerprint density at radius 3 is 2.56 bits per heavy atom. The van der Waals surface area contributed by atoms with E-state index in [4.69, 9.17) is 21.3 Å². The average Bonchev–Trinajstić information content (AvgIpc) is 3.20. The molecule has 0 radical (unpaired) electrons. The molecule has 3 aromatic rings. The van der Waals surface area contributed by atoms with Gasteiger partial charge in [-0.05, 0) is 43.2 Å². The number of fused-ring (bicyclic) bond motifs is 1. The third-order valence-corrected chi connectivity index (χ3v) is 4.62. The van der Waals surface area contributed by atoms with Crippen LogP contribution in [0.1, 0.15) is 12.8 Å². The van der Waals surface area contributed by atoms with Crippen LogP contribution in [-0.4, -0.2) is 35.6 Å². The summed E-state index contributed by atoms with van der Waals surface area (Å²) in [7, 11) is 0. The lowest BCUT2D eigenvalue weighted by Crippen LogP contribution is -2.25. The molecule has 1 aromatic heterocycles. The van der Waals surface area contributed by atoms with E-state index in [-0.39, 0.29) is 12.5 Å². The van der Waals surface area contributed by atoms with Crippen molar-refractivity contribution in [3.63, 3.8) is 0 Å². The van der Waals surface area contributed by atoms with Crippen LogP contribution in [-0.2, 0) is 4.79 Å². The topological polar surface area (TPSA) is 67.3 Å². The number of benzene rings is 2. The summed E-state index contributed by atoms with van der Waals surface area (Å²) in [5.74, 6) is 1.43. The number of carbonyl (C=O) groups excluding carboxylic acids is 1. The molecule has 1 amide bonds. The van der Waals surface area contributed by atoms with Crippen LogP contribution in [0.3, 0.4) is 0 Å². The fourth-order valence-corrected chi connectivity index (χ4v) is 3.28. The number of nitrogens with one attached hydrogen (secondary N) is 1. The first kappa shape index (κ1) is 17.5. The fourth-order valence-electron chi connectivity index (χ4n) is 3.10. The van der Waals surface area contributed by atoms with Gasteiger partial charge in [-0.1, -0.05) is 29.8 Å². The number of para-hydroxylation sites is 2. The predicted octanol–water partition coefficient (Wildman–Crippen LogP) is 3.90. The van der Waals surface area contributed by atoms with Crippen molar-refractivity contribution < 1.29 is 9.53 Å². The minimum absolute atomic E-state index is 0.131. The van der Waals surface area contributed by atoms with Gasteiger partial charge in [0, 0.05) is 18.1 Å². The molecule has 0 saturated carbocycles. The summed E-state index contributed by atoms with van der Waals surface area (Å²) in [4.78, 5) is 23.9. The third kappa shape index (κ3) is 4.11. The Kier molecular flexibility index (Phi) is 5.07. The molecule has 2 heterocycles. The second kappa shape index (κ2) is 7.80. The number of hydrogen-bond acceptors (Lipinski definition) is 5. The zero-order valence-corrected chi connectivity index (χ0v) is 15.4. The first-order valence-corrected chi connectivity index (χ1v) is 9.27. The molecule has 1 aliphatic rings. The SMILES string of the molecule is O=C(COc1cccc(Cl)c1)Nc1nc2ccccc2nc1N1CCCC1. The van der Waals surface area contributed by atoms with Crippen molar-refractivity contribution in [2.75, 3.05) is 29.9 Å². The van der Waals surface area contributed by atoms with Crippen LogP contribution in [0, 0.1) is 0 Å². The maximum atomic E-state index is 12.4. The van der Waals surface area contributed by atoms with Gasteiger partial charge < -0.3 is 15.0 Å². The summed E-state index contributed by atoms with van der Waals surface area (Å²) in [6.45, 7) is 1.69. The quantitative estimate of drug-likeness (QED) is 0.724. The second-order valence-electron chi connectivity index (χ2n) is 6.37. The van der Waals surface area contributed by atoms with Crippen LogP contribution >= 0.6 is 11.6 Å². The molecular weight excluding hydrogens is 364 g/mol. The third-order valence-electron chi connectivity index (χ3n) is 4.38. The Morgan fingerprint density at radius 1 is 1.07 bits per heavy atom. The summed E-state index contributed by atoms with van der Waals surface area (Å²) in [6.07, 6.45) is 2.22. The van der Waals surface area contributed by atoms with Crippen LogP contribution in [0.15, 0.2) is 48.5 Å². The molecule has 0 spiro atoms. The Labute approximate surface area is 162 Å². The largest absolute Gasteiger partial charge is 0.484 e. The number of nitrogens with zero attached hydrogens (tertiary/aromatic N) is 3. The van der Waals surface area contributed by atoms with Crippen LogP contribution in [0.5, 0.6) is 5.75 Å². The molecule has 4 rings (SSSR count). The summed E-state index contributed by atoms with van der Waals surface area (Å²) in [5.41, 5.74) is 1.55. The number of rotatable bonds is 5. The van der Waals surface area contributed by atoms with Crippen molar-refractivity contribution >= 4 is 40.2 Å². The maximum Gasteiger partial charge on any atom is 0.263 e. The van der Waals surface area contributed by atoms with Crippen LogP contribution in [0.4, 0.5) is 11.6 Å². The van der Waals surface area contributed by atoms with E-state index in [1.165, 1.54) is 0 Å². The molecule has 0 atom stereocenters. The minimum atomic E-state index is -0.292. The highest BCUT2D eigenvalue weighted by Crippen LogP contribution is 2.27. The lowest BCUT2D eigenvalue weighted by Gasteiger charge is -2.20. The van der Waals surface area contributed by atoms with Gasteiger partial charge >= 0.3 is 0 Å². The summed E-state index contributed by atoms with van der Waals surface area (Å²) < 4.78 is 5.52. The van der Waals surface area contributed by atoms with Crippen molar-refractivity contribution in [2.45, 2.75) is 12.8 Å². The molecule has 0 unspecified atom stereocenters. The van der Waals surface area contributed by atoms with E-state index < -0.39 is 0 Å². The summed E-state index contributed by atoms with van der Waals surface area (Å²) in [5, 5.41) is 3.41. The van der Waals surface area contributed by atoms with E-state index in [0.717, 1.165) is 37.0 Å². The van der Waals surface area contributed by atoms with Crippen molar-refractivity contribution in [1.82, 2.24) is 9.97 Å². The molecule has 0 aliphatic carbocycles. The number of anilines is 2. The zero-order valence-electron chi connectivity index (χ0n) is 14.7. The molecule has 138 valence electrons. The molecule has 1 saturated heterocycles. The van der Waals surface area contributed by atoms with E-state index in [1.54, 1.807) is 24.3 Å². The standard InChI is InChI=1S/C20H19ClN4O2/c21-14-6-5-7-15(12-14)27-13-18(26)24-19-20(25-10-3-4-11-25)23-17-9-2-1-8-16(17)22-19/h1-2,5-9,12H,3-4,10-11,13H2,(H,22,24,26). The van der Waals surface area contributed by atoms with Crippen LogP contribution in [0.25, 0.3) is 11.0 Å². The Morgan fingerprint density at radius 2 is 1.81 bits per heavy atom. The van der Waals surface area contributed by atoms with Gasteiger partial charge in [-0.25, -0.2) is 9.97 Å². The van der Waals surface area contributed by atoms with Crippen molar-refractivity contribution in [3.05, 3.63) is 53.6 Å². The first-order chi connectivity index (χ1) is 13.2. The summed E-state index contributed by atoms with van der Waals surface area (Å²) >= 11 is 5.93. The Balaban J connectivity index is 1.54. The molecule has 1 aliphatic heterocycles. The fraction of sp³-hybridized carbons (Fsp3) is 0.250. The maximum absolute atomic E-state index is 12.4. The van der Waals surface area contributed by atoms with E-state index >= 15 is 0 Å². The van der Waals surface area contributed by atoms with Crippen LogP contribution < -0.4 is 15.0 Å². The van der Waals surface area contributed by atoms with Crippen molar-refractivity contribution in [2.24, 2.45) is 0 Å². The molecule has 2 aromatic carbocycles. The van der Waals surface area contributed by atoms with Gasteiger partial charge in [0.05, 0.1) is 11.0 Å². The monoisotopic (exact) mass is 382 g/mol. The van der Waals surface area contributed by atoms with Gasteiger partial charge in [-0.3, -0.25) is 4.79 Å². The highest BCUT2D eigenvalue weighted by Gasteiger charge is 2.20. The van der Waals surface area contributed by atoms with Crippen LogP contribution in [0.2, 0.25) is 5.02 Å². The van der Waals surface area contributed by atoms with Crippen molar-refractivity contribution in [1.29, 1.82) is 0 Å². The number of halogens is 1. The van der Waals surface area contributed by atoms with Crippen molar-refractivity contribution in [3.8, 4) is 5.75 Å². The number of carbonyl (C=O) groups is 1. The van der Waals surface area contributed by atoms with Gasteiger partial charge in [0.1, 0.15) is 5.75 Å². The number of aromatic nitrogens is 2. The molecule has 27 heavy (non-hydrogen) atoms. The van der Waals surface area contributed by atoms with Gasteiger partial charge in [0.2, 0.25) is 0 Å². The Hall–Kier alpha value is -2.86. The van der Waals surface area contributed by atoms with E-state index in [2.05, 4.69) is 15.2 Å². The smallest absolute Gasteiger partial charge is 0.263 e.